The molecule has 1 N–H and O–H groups in total. The van der Waals surface area contributed by atoms with E-state index in [4.69, 9.17) is 4.74 Å². The predicted octanol–water partition coefficient (Wildman–Crippen LogP) is 3.66. The van der Waals surface area contributed by atoms with Gasteiger partial charge in [-0.3, -0.25) is 14.5 Å². The van der Waals surface area contributed by atoms with E-state index in [1.165, 1.54) is 0 Å². The Morgan fingerprint density at radius 3 is 2.67 bits per heavy atom. The Balaban J connectivity index is 1.92. The van der Waals surface area contributed by atoms with Crippen molar-refractivity contribution in [3.8, 4) is 0 Å². The molecule has 5 nitrogen and oxygen atoms in total. The van der Waals surface area contributed by atoms with Crippen LogP contribution in [-0.4, -0.2) is 41.1 Å². The highest BCUT2D eigenvalue weighted by molar-refractivity contribution is 5.98. The number of nitrogens with zero attached hydrogens (tertiary/aromatic N) is 1. The number of ether oxygens (including phenoxy) is 1. The molecule has 3 rings (SSSR count). The highest BCUT2D eigenvalue weighted by Gasteiger charge is 2.53. The number of benzene rings is 1. The summed E-state index contributed by atoms with van der Waals surface area (Å²) in [5.41, 5.74) is 1.01. The summed E-state index contributed by atoms with van der Waals surface area (Å²) in [7, 11) is 0. The molecule has 1 saturated heterocycles. The third-order valence-electron chi connectivity index (χ3n) is 6.10. The molecule has 1 aromatic rings. The number of rotatable bonds is 4. The third-order valence-corrected chi connectivity index (χ3v) is 6.10. The molecule has 5 heteroatoms. The molecule has 1 saturated carbocycles. The fourth-order valence-corrected chi connectivity index (χ4v) is 4.14. The van der Waals surface area contributed by atoms with Gasteiger partial charge in [-0.2, -0.15) is 0 Å². The zero-order valence-electron chi connectivity index (χ0n) is 17.0. The summed E-state index contributed by atoms with van der Waals surface area (Å²) in [6.45, 7) is 8.51. The molecular formula is C22H32N2O3. The van der Waals surface area contributed by atoms with Crippen molar-refractivity contribution in [1.29, 1.82) is 0 Å². The van der Waals surface area contributed by atoms with Crippen LogP contribution in [0.4, 0.5) is 0 Å². The Hall–Kier alpha value is -1.88. The second kappa shape index (κ2) is 8.01. The summed E-state index contributed by atoms with van der Waals surface area (Å²) in [5, 5.41) is 3.04. The minimum atomic E-state index is -0.648. The van der Waals surface area contributed by atoms with Gasteiger partial charge in [0.15, 0.2) is 0 Å². The summed E-state index contributed by atoms with van der Waals surface area (Å²) in [5.74, 6) is 0.416. The summed E-state index contributed by atoms with van der Waals surface area (Å²) >= 11 is 0. The fraction of sp³-hybridized carbons (Fsp3) is 0.636. The summed E-state index contributed by atoms with van der Waals surface area (Å²) < 4.78 is 6.21. The molecular weight excluding hydrogens is 340 g/mol. The van der Waals surface area contributed by atoms with Crippen molar-refractivity contribution in [2.75, 3.05) is 6.61 Å². The molecule has 1 spiro atoms. The number of aryl methyl sites for hydroxylation is 1. The van der Waals surface area contributed by atoms with E-state index < -0.39 is 11.8 Å². The third kappa shape index (κ3) is 4.03. The van der Waals surface area contributed by atoms with Gasteiger partial charge in [0.2, 0.25) is 5.91 Å². The molecule has 0 aromatic heterocycles. The predicted molar refractivity (Wildman–Crippen MR) is 105 cm³/mol. The van der Waals surface area contributed by atoms with Crippen LogP contribution in [0.15, 0.2) is 24.3 Å². The fourth-order valence-electron chi connectivity index (χ4n) is 4.14. The molecule has 27 heavy (non-hydrogen) atoms. The van der Waals surface area contributed by atoms with Crippen LogP contribution in [0.1, 0.15) is 68.8 Å². The summed E-state index contributed by atoms with van der Waals surface area (Å²) in [6, 6.07) is 7.10. The van der Waals surface area contributed by atoms with Crippen LogP contribution in [-0.2, 0) is 9.53 Å². The maximum atomic E-state index is 13.5. The lowest BCUT2D eigenvalue weighted by molar-refractivity contribution is -0.128. The minimum Gasteiger partial charge on any atom is -0.353 e. The molecule has 2 amide bonds. The van der Waals surface area contributed by atoms with Gasteiger partial charge in [0.25, 0.3) is 5.91 Å². The average molecular weight is 373 g/mol. The molecule has 0 radical (unpaired) electrons. The van der Waals surface area contributed by atoms with Crippen molar-refractivity contribution in [3.63, 3.8) is 0 Å². The first kappa shape index (κ1) is 19.9. The van der Waals surface area contributed by atoms with Crippen molar-refractivity contribution in [2.45, 2.75) is 77.6 Å². The van der Waals surface area contributed by atoms with E-state index >= 15 is 0 Å². The van der Waals surface area contributed by atoms with E-state index in [-0.39, 0.29) is 24.5 Å². The zero-order chi connectivity index (χ0) is 19.6. The van der Waals surface area contributed by atoms with Gasteiger partial charge in [-0.1, -0.05) is 31.5 Å². The van der Waals surface area contributed by atoms with Crippen molar-refractivity contribution in [2.24, 2.45) is 5.92 Å². The van der Waals surface area contributed by atoms with Crippen LogP contribution < -0.4 is 5.32 Å². The number of nitrogens with one attached hydrogen (secondary N) is 1. The van der Waals surface area contributed by atoms with E-state index in [2.05, 4.69) is 12.2 Å². The van der Waals surface area contributed by atoms with Crippen molar-refractivity contribution in [3.05, 3.63) is 35.4 Å². The second-order valence-electron chi connectivity index (χ2n) is 8.32. The first-order valence-corrected chi connectivity index (χ1v) is 10.2. The van der Waals surface area contributed by atoms with Gasteiger partial charge in [-0.05, 0) is 64.0 Å². The zero-order valence-corrected chi connectivity index (χ0v) is 17.0. The normalized spacial score (nSPS) is 29.0. The Labute approximate surface area is 162 Å². The smallest absolute Gasteiger partial charge is 0.256 e. The highest BCUT2D eigenvalue weighted by Crippen LogP contribution is 2.43. The van der Waals surface area contributed by atoms with Crippen LogP contribution in [0.5, 0.6) is 0 Å². The summed E-state index contributed by atoms with van der Waals surface area (Å²) in [4.78, 5) is 28.2. The Bertz CT molecular complexity index is 695. The number of carbonyl (C=O) groups is 2. The maximum Gasteiger partial charge on any atom is 0.256 e. The molecule has 2 aliphatic rings. The molecule has 1 heterocycles. The SMILES string of the molecule is CC[C@H](C)NC(=O)[C@@H]1COC2(CCC(C)CC2)N1C(=O)c1cccc(C)c1. The van der Waals surface area contributed by atoms with Crippen molar-refractivity contribution < 1.29 is 14.3 Å². The Kier molecular flexibility index (Phi) is 5.89. The number of carbonyl (C=O) groups excluding carboxylic acids is 2. The second-order valence-corrected chi connectivity index (χ2v) is 8.32. The van der Waals surface area contributed by atoms with E-state index in [1.807, 2.05) is 45.0 Å². The number of hydrogen-bond donors (Lipinski definition) is 1. The molecule has 1 aromatic carbocycles. The van der Waals surface area contributed by atoms with Gasteiger partial charge in [0, 0.05) is 11.6 Å². The van der Waals surface area contributed by atoms with E-state index in [0.717, 1.165) is 37.7 Å². The van der Waals surface area contributed by atoms with Crippen LogP contribution in [0.25, 0.3) is 0 Å². The van der Waals surface area contributed by atoms with E-state index in [1.54, 1.807) is 4.90 Å². The monoisotopic (exact) mass is 372 g/mol. The Morgan fingerprint density at radius 1 is 1.33 bits per heavy atom. The van der Waals surface area contributed by atoms with Gasteiger partial charge < -0.3 is 10.1 Å². The lowest BCUT2D eigenvalue weighted by atomic mass is 9.83. The van der Waals surface area contributed by atoms with Crippen LogP contribution >= 0.6 is 0 Å². The van der Waals surface area contributed by atoms with Crippen LogP contribution in [0, 0.1) is 12.8 Å². The first-order chi connectivity index (χ1) is 12.9. The number of hydrogen-bond acceptors (Lipinski definition) is 3. The number of amides is 2. The molecule has 148 valence electrons. The standard InChI is InChI=1S/C22H32N2O3/c1-5-17(4)23-20(25)19-14-27-22(11-9-15(2)10-12-22)24(19)21(26)18-8-6-7-16(3)13-18/h6-8,13,15,17,19H,5,9-12,14H2,1-4H3,(H,23,25)/t15?,17-,19-,22?/m0/s1. The quantitative estimate of drug-likeness (QED) is 0.877. The lowest BCUT2D eigenvalue weighted by Crippen LogP contribution is -2.57. The molecule has 1 aliphatic carbocycles. The maximum absolute atomic E-state index is 13.5. The van der Waals surface area contributed by atoms with Crippen LogP contribution in [0.2, 0.25) is 0 Å². The van der Waals surface area contributed by atoms with Gasteiger partial charge in [-0.15, -0.1) is 0 Å². The first-order valence-electron chi connectivity index (χ1n) is 10.2. The Morgan fingerprint density at radius 2 is 2.04 bits per heavy atom. The van der Waals surface area contributed by atoms with E-state index in [0.29, 0.717) is 11.5 Å². The largest absolute Gasteiger partial charge is 0.353 e. The molecule has 1 aliphatic heterocycles. The highest BCUT2D eigenvalue weighted by atomic mass is 16.5. The summed E-state index contributed by atoms with van der Waals surface area (Å²) in [6.07, 6.45) is 4.46. The van der Waals surface area contributed by atoms with Gasteiger partial charge in [0.05, 0.1) is 6.61 Å². The van der Waals surface area contributed by atoms with Crippen molar-refractivity contribution >= 4 is 11.8 Å². The molecule has 2 fully saturated rings. The molecule has 0 unspecified atom stereocenters. The minimum absolute atomic E-state index is 0.0800. The molecule has 0 bridgehead atoms. The molecule has 2 atom stereocenters. The van der Waals surface area contributed by atoms with Gasteiger partial charge in [-0.25, -0.2) is 0 Å². The lowest BCUT2D eigenvalue weighted by Gasteiger charge is -2.43. The topological polar surface area (TPSA) is 58.6 Å². The van der Waals surface area contributed by atoms with Crippen molar-refractivity contribution in [1.82, 2.24) is 10.2 Å². The van der Waals surface area contributed by atoms with Gasteiger partial charge >= 0.3 is 0 Å². The van der Waals surface area contributed by atoms with Crippen LogP contribution in [0.3, 0.4) is 0 Å². The van der Waals surface area contributed by atoms with Gasteiger partial charge in [0.1, 0.15) is 11.8 Å². The van der Waals surface area contributed by atoms with E-state index in [9.17, 15) is 9.59 Å². The average Bonchev–Trinajstić information content (AvgIpc) is 3.02.